The molecule has 0 amide bonds. The van der Waals surface area contributed by atoms with E-state index in [4.69, 9.17) is 0 Å². The molecule has 21 heavy (non-hydrogen) atoms. The molecule has 2 nitrogen and oxygen atoms in total. The fourth-order valence-corrected chi connectivity index (χ4v) is 2.65. The van der Waals surface area contributed by atoms with Crippen molar-refractivity contribution in [2.75, 3.05) is 0 Å². The van der Waals surface area contributed by atoms with E-state index in [1.54, 1.807) is 0 Å². The predicted molar refractivity (Wildman–Crippen MR) is 88.9 cm³/mol. The van der Waals surface area contributed by atoms with E-state index in [1.165, 1.54) is 22.0 Å². The lowest BCUT2D eigenvalue weighted by Crippen LogP contribution is -2.30. The first-order valence-electron chi connectivity index (χ1n) is 7.57. The molecule has 2 heterocycles. The van der Waals surface area contributed by atoms with Crippen LogP contribution in [0.4, 0.5) is 0 Å². The Labute approximate surface area is 126 Å². The SMILES string of the molecule is CCn1cc(/C=C/c2cc[n+](CC)cc2)c2ccccc21. The highest BCUT2D eigenvalue weighted by atomic mass is 14.9. The van der Waals surface area contributed by atoms with Crippen LogP contribution in [0, 0.1) is 0 Å². The van der Waals surface area contributed by atoms with Crippen molar-refractivity contribution >= 4 is 23.1 Å². The third-order valence-corrected chi connectivity index (χ3v) is 3.90. The van der Waals surface area contributed by atoms with Crippen molar-refractivity contribution in [3.05, 3.63) is 66.1 Å². The van der Waals surface area contributed by atoms with Gasteiger partial charge in [0.1, 0.15) is 6.54 Å². The molecule has 0 aliphatic rings. The van der Waals surface area contributed by atoms with Crippen molar-refractivity contribution in [2.24, 2.45) is 0 Å². The summed E-state index contributed by atoms with van der Waals surface area (Å²) < 4.78 is 4.46. The molecule has 0 saturated carbocycles. The number of hydrogen-bond donors (Lipinski definition) is 0. The van der Waals surface area contributed by atoms with E-state index < -0.39 is 0 Å². The lowest BCUT2D eigenvalue weighted by molar-refractivity contribution is -0.693. The Balaban J connectivity index is 1.95. The molecule has 1 aromatic carbocycles. The van der Waals surface area contributed by atoms with Crippen LogP contribution in [0.3, 0.4) is 0 Å². The summed E-state index contributed by atoms with van der Waals surface area (Å²) in [5.41, 5.74) is 3.81. The highest BCUT2D eigenvalue weighted by molar-refractivity contribution is 5.92. The molecule has 0 N–H and O–H groups in total. The van der Waals surface area contributed by atoms with Crippen molar-refractivity contribution < 1.29 is 4.57 Å². The second kappa shape index (κ2) is 5.96. The summed E-state index contributed by atoms with van der Waals surface area (Å²) in [6.45, 7) is 6.33. The first-order valence-corrected chi connectivity index (χ1v) is 7.57. The molecule has 0 aliphatic heterocycles. The number of fused-ring (bicyclic) bond motifs is 1. The van der Waals surface area contributed by atoms with E-state index in [9.17, 15) is 0 Å². The Bertz CT molecular complexity index is 764. The van der Waals surface area contributed by atoms with Gasteiger partial charge in [0.2, 0.25) is 0 Å². The highest BCUT2D eigenvalue weighted by Crippen LogP contribution is 2.23. The zero-order valence-corrected chi connectivity index (χ0v) is 12.7. The maximum atomic E-state index is 2.30. The summed E-state index contributed by atoms with van der Waals surface area (Å²) in [5.74, 6) is 0. The first-order chi connectivity index (χ1) is 10.3. The van der Waals surface area contributed by atoms with Crippen LogP contribution in [0.1, 0.15) is 25.0 Å². The molecule has 0 unspecified atom stereocenters. The maximum Gasteiger partial charge on any atom is 0.169 e. The van der Waals surface area contributed by atoms with Crippen LogP contribution in [0.5, 0.6) is 0 Å². The first kappa shape index (κ1) is 13.6. The summed E-state index contributed by atoms with van der Waals surface area (Å²) in [5, 5.41) is 1.31. The van der Waals surface area contributed by atoms with E-state index in [-0.39, 0.29) is 0 Å². The number of nitrogens with zero attached hydrogens (tertiary/aromatic N) is 2. The van der Waals surface area contributed by atoms with Gasteiger partial charge in [0.25, 0.3) is 0 Å². The average Bonchev–Trinajstić information content (AvgIpc) is 2.91. The minimum absolute atomic E-state index is 0.996. The number of hydrogen-bond acceptors (Lipinski definition) is 0. The molecule has 2 heteroatoms. The van der Waals surface area contributed by atoms with Crippen LogP contribution in [0.25, 0.3) is 23.1 Å². The Morgan fingerprint density at radius 2 is 1.76 bits per heavy atom. The van der Waals surface area contributed by atoms with Crippen molar-refractivity contribution in [1.82, 2.24) is 4.57 Å². The fraction of sp³-hybridized carbons (Fsp3) is 0.211. The molecule has 0 radical (unpaired) electrons. The number of para-hydroxylation sites is 1. The van der Waals surface area contributed by atoms with Gasteiger partial charge in [0.15, 0.2) is 12.4 Å². The van der Waals surface area contributed by atoms with Crippen LogP contribution in [0.15, 0.2) is 55.0 Å². The summed E-state index contributed by atoms with van der Waals surface area (Å²) in [6.07, 6.45) is 10.9. The van der Waals surface area contributed by atoms with Gasteiger partial charge < -0.3 is 4.57 Å². The van der Waals surface area contributed by atoms with Gasteiger partial charge in [0.05, 0.1) is 0 Å². The maximum absolute atomic E-state index is 2.30. The van der Waals surface area contributed by atoms with Crippen molar-refractivity contribution in [2.45, 2.75) is 26.9 Å². The van der Waals surface area contributed by atoms with E-state index in [0.29, 0.717) is 0 Å². The zero-order valence-electron chi connectivity index (χ0n) is 12.7. The second-order valence-electron chi connectivity index (χ2n) is 5.18. The van der Waals surface area contributed by atoms with Crippen LogP contribution >= 0.6 is 0 Å². The molecule has 0 spiro atoms. The molecule has 0 saturated heterocycles. The monoisotopic (exact) mass is 277 g/mol. The third-order valence-electron chi connectivity index (χ3n) is 3.90. The van der Waals surface area contributed by atoms with Gasteiger partial charge in [-0.2, -0.15) is 0 Å². The molecule has 3 aromatic rings. The normalized spacial score (nSPS) is 11.5. The molecular weight excluding hydrogens is 256 g/mol. The van der Waals surface area contributed by atoms with E-state index >= 15 is 0 Å². The lowest BCUT2D eigenvalue weighted by atomic mass is 10.1. The number of aromatic nitrogens is 2. The quantitative estimate of drug-likeness (QED) is 0.634. The third kappa shape index (κ3) is 2.75. The molecule has 106 valence electrons. The molecule has 0 bridgehead atoms. The zero-order chi connectivity index (χ0) is 14.7. The Hall–Kier alpha value is -2.35. The van der Waals surface area contributed by atoms with Gasteiger partial charge in [-0.05, 0) is 31.0 Å². The standard InChI is InChI=1S/C19H21N2/c1-3-20-13-11-16(12-14-20)9-10-17-15-21(4-2)19-8-6-5-7-18(17)19/h5-15H,3-4H2,1-2H3/q+1. The van der Waals surface area contributed by atoms with E-state index in [2.05, 4.69) is 90.1 Å². The summed E-state index contributed by atoms with van der Waals surface area (Å²) in [4.78, 5) is 0. The number of pyridine rings is 1. The number of aryl methyl sites for hydroxylation is 2. The summed E-state index contributed by atoms with van der Waals surface area (Å²) in [7, 11) is 0. The second-order valence-corrected chi connectivity index (χ2v) is 5.18. The van der Waals surface area contributed by atoms with Crippen LogP contribution in [-0.4, -0.2) is 4.57 Å². The van der Waals surface area contributed by atoms with Crippen molar-refractivity contribution in [3.8, 4) is 0 Å². The van der Waals surface area contributed by atoms with Gasteiger partial charge >= 0.3 is 0 Å². The Morgan fingerprint density at radius 3 is 2.48 bits per heavy atom. The molecule has 0 atom stereocenters. The minimum Gasteiger partial charge on any atom is -0.347 e. The van der Waals surface area contributed by atoms with E-state index in [1.807, 2.05) is 0 Å². The summed E-state index contributed by atoms with van der Waals surface area (Å²) in [6, 6.07) is 12.9. The molecule has 3 rings (SSSR count). The van der Waals surface area contributed by atoms with Gasteiger partial charge in [-0.3, -0.25) is 0 Å². The van der Waals surface area contributed by atoms with Gasteiger partial charge in [0, 0.05) is 35.8 Å². The van der Waals surface area contributed by atoms with Crippen molar-refractivity contribution in [3.63, 3.8) is 0 Å². The molecule has 2 aromatic heterocycles. The average molecular weight is 277 g/mol. The van der Waals surface area contributed by atoms with Crippen LogP contribution in [-0.2, 0) is 13.1 Å². The largest absolute Gasteiger partial charge is 0.347 e. The van der Waals surface area contributed by atoms with Gasteiger partial charge in [-0.25, -0.2) is 4.57 Å². The topological polar surface area (TPSA) is 8.81 Å². The number of benzene rings is 1. The Kier molecular flexibility index (Phi) is 3.87. The van der Waals surface area contributed by atoms with Gasteiger partial charge in [-0.1, -0.05) is 30.4 Å². The minimum atomic E-state index is 0.996. The molecule has 0 aliphatic carbocycles. The highest BCUT2D eigenvalue weighted by Gasteiger charge is 2.04. The molecular formula is C19H21N2+. The number of rotatable bonds is 4. The van der Waals surface area contributed by atoms with Crippen LogP contribution in [0.2, 0.25) is 0 Å². The lowest BCUT2D eigenvalue weighted by Gasteiger charge is -1.97. The fourth-order valence-electron chi connectivity index (χ4n) is 2.65. The summed E-state index contributed by atoms with van der Waals surface area (Å²) >= 11 is 0. The smallest absolute Gasteiger partial charge is 0.169 e. The van der Waals surface area contributed by atoms with Crippen LogP contribution < -0.4 is 4.57 Å². The van der Waals surface area contributed by atoms with E-state index in [0.717, 1.165) is 13.1 Å². The van der Waals surface area contributed by atoms with Gasteiger partial charge in [-0.15, -0.1) is 0 Å². The predicted octanol–water partition coefficient (Wildman–Crippen LogP) is 4.14. The molecule has 0 fully saturated rings. The Morgan fingerprint density at radius 1 is 1.00 bits per heavy atom. The van der Waals surface area contributed by atoms with Crippen molar-refractivity contribution in [1.29, 1.82) is 0 Å².